The molecule has 0 fully saturated rings. The summed E-state index contributed by atoms with van der Waals surface area (Å²) >= 11 is 1.28. The van der Waals surface area contributed by atoms with Gasteiger partial charge < -0.3 is 19.5 Å². The van der Waals surface area contributed by atoms with Crippen LogP contribution in [0.2, 0.25) is 0 Å². The zero-order valence-electron chi connectivity index (χ0n) is 22.0. The fourth-order valence-electron chi connectivity index (χ4n) is 3.99. The summed E-state index contributed by atoms with van der Waals surface area (Å²) in [7, 11) is 0.734. The predicted octanol–water partition coefficient (Wildman–Crippen LogP) is 3.24. The van der Waals surface area contributed by atoms with Crippen LogP contribution in [0.5, 0.6) is 17.2 Å². The lowest BCUT2D eigenvalue weighted by Gasteiger charge is -2.16. The molecule has 0 saturated carbocycles. The van der Waals surface area contributed by atoms with E-state index in [9.17, 15) is 18.0 Å². The van der Waals surface area contributed by atoms with Crippen molar-refractivity contribution < 1.29 is 27.4 Å². The zero-order chi connectivity index (χ0) is 28.9. The molecule has 0 spiro atoms. The molecule has 4 rings (SSSR count). The summed E-state index contributed by atoms with van der Waals surface area (Å²) in [6, 6.07) is 16.2. The molecule has 0 radical (unpaired) electrons. The molecule has 0 unspecified atom stereocenters. The molecule has 1 amide bonds. The number of hydrogen-bond donors (Lipinski definition) is 2. The van der Waals surface area contributed by atoms with E-state index < -0.39 is 10.0 Å². The van der Waals surface area contributed by atoms with Crippen LogP contribution in [0.4, 0.5) is 5.69 Å². The van der Waals surface area contributed by atoms with Gasteiger partial charge in [-0.2, -0.15) is 0 Å². The van der Waals surface area contributed by atoms with E-state index in [1.165, 1.54) is 57.4 Å². The van der Waals surface area contributed by atoms with E-state index in [2.05, 4.69) is 5.32 Å². The molecule has 0 saturated heterocycles. The lowest BCUT2D eigenvalue weighted by Crippen LogP contribution is -2.24. The lowest BCUT2D eigenvalue weighted by atomic mass is 10.1. The van der Waals surface area contributed by atoms with Crippen LogP contribution in [0, 0.1) is 0 Å². The molecule has 0 atom stereocenters. The second kappa shape index (κ2) is 12.4. The van der Waals surface area contributed by atoms with Crippen LogP contribution in [0.25, 0.3) is 10.9 Å². The number of methoxy groups -OCH3 is 3. The van der Waals surface area contributed by atoms with Crippen LogP contribution >= 0.6 is 11.8 Å². The minimum Gasteiger partial charge on any atom is -0.493 e. The van der Waals surface area contributed by atoms with Crippen molar-refractivity contribution in [1.82, 2.24) is 9.55 Å². The highest BCUT2D eigenvalue weighted by Crippen LogP contribution is 2.38. The Balaban J connectivity index is 1.56. The first-order valence-corrected chi connectivity index (χ1v) is 14.5. The number of benzene rings is 3. The number of rotatable bonds is 11. The number of sulfonamides is 1. The Hall–Kier alpha value is -4.07. The smallest absolute Gasteiger partial charge is 0.262 e. The molecule has 13 heteroatoms. The molecule has 3 N–H and O–H groups in total. The van der Waals surface area contributed by atoms with Crippen molar-refractivity contribution in [2.24, 2.45) is 5.14 Å². The Bertz CT molecular complexity index is 1680. The number of carbonyl (C=O) groups excluding carboxylic acids is 1. The molecule has 1 aromatic heterocycles. The average molecular weight is 585 g/mol. The number of aromatic nitrogens is 2. The topological polar surface area (TPSA) is 152 Å². The summed E-state index contributed by atoms with van der Waals surface area (Å²) in [5.74, 6) is 1.41. The first-order valence-electron chi connectivity index (χ1n) is 12.0. The van der Waals surface area contributed by atoms with Crippen LogP contribution in [-0.2, 0) is 21.4 Å². The minimum atomic E-state index is -3.82. The second-order valence-corrected chi connectivity index (χ2v) is 11.2. The first-order chi connectivity index (χ1) is 19.1. The van der Waals surface area contributed by atoms with Gasteiger partial charge in [-0.3, -0.25) is 14.2 Å². The number of nitrogens with zero attached hydrogens (tertiary/aromatic N) is 2. The molecular weight excluding hydrogens is 556 g/mol. The van der Waals surface area contributed by atoms with Gasteiger partial charge in [0.15, 0.2) is 16.7 Å². The van der Waals surface area contributed by atoms with Crippen LogP contribution in [0.15, 0.2) is 75.5 Å². The summed E-state index contributed by atoms with van der Waals surface area (Å²) in [6.07, 6.45) is 0.120. The molecule has 1 heterocycles. The van der Waals surface area contributed by atoms with E-state index in [-0.39, 0.29) is 29.3 Å². The lowest BCUT2D eigenvalue weighted by molar-refractivity contribution is -0.115. The van der Waals surface area contributed by atoms with Gasteiger partial charge in [0.05, 0.1) is 43.7 Å². The monoisotopic (exact) mass is 584 g/mol. The molecule has 4 aromatic rings. The van der Waals surface area contributed by atoms with E-state index in [1.807, 2.05) is 0 Å². The third-order valence-electron chi connectivity index (χ3n) is 5.92. The van der Waals surface area contributed by atoms with Crippen molar-refractivity contribution in [3.63, 3.8) is 0 Å². The number of anilines is 1. The van der Waals surface area contributed by atoms with Crippen molar-refractivity contribution in [3.05, 3.63) is 76.6 Å². The van der Waals surface area contributed by atoms with Crippen molar-refractivity contribution >= 4 is 44.3 Å². The van der Waals surface area contributed by atoms with Gasteiger partial charge >= 0.3 is 0 Å². The summed E-state index contributed by atoms with van der Waals surface area (Å²) in [5.41, 5.74) is 1.50. The maximum absolute atomic E-state index is 13.5. The van der Waals surface area contributed by atoms with E-state index >= 15 is 0 Å². The van der Waals surface area contributed by atoms with Gasteiger partial charge in [-0.15, -0.1) is 0 Å². The number of carbonyl (C=O) groups is 1. The Kier molecular flexibility index (Phi) is 8.97. The molecule has 0 aliphatic carbocycles. The third kappa shape index (κ3) is 6.55. The number of para-hydroxylation sites is 1. The van der Waals surface area contributed by atoms with Gasteiger partial charge in [-0.1, -0.05) is 23.9 Å². The molecule has 0 bridgehead atoms. The molecular formula is C27H28N4O7S2. The number of nitrogens with one attached hydrogen (secondary N) is 1. The number of thioether (sulfide) groups is 1. The predicted molar refractivity (Wildman–Crippen MR) is 153 cm³/mol. The molecule has 0 aliphatic heterocycles. The zero-order valence-corrected chi connectivity index (χ0v) is 23.7. The summed E-state index contributed by atoms with van der Waals surface area (Å²) in [5, 5.41) is 8.75. The SMILES string of the molecule is COc1cc(Cn2c(SCCC(=O)Nc3ccc(S(N)(=O)=O)cc3)nc3ccccc3c2=O)cc(OC)c1OC. The number of hydrogen-bond acceptors (Lipinski definition) is 9. The van der Waals surface area contributed by atoms with E-state index in [4.69, 9.17) is 24.3 Å². The largest absolute Gasteiger partial charge is 0.493 e. The summed E-state index contributed by atoms with van der Waals surface area (Å²) in [6.45, 7) is 0.179. The molecule has 210 valence electrons. The molecule has 3 aromatic carbocycles. The van der Waals surface area contributed by atoms with Gasteiger partial charge in [0.25, 0.3) is 5.56 Å². The van der Waals surface area contributed by atoms with Gasteiger partial charge in [0.2, 0.25) is 21.7 Å². The standard InChI is InChI=1S/C27H28N4O7S2/c1-36-22-14-17(15-23(37-2)25(22)38-3)16-31-26(33)20-6-4-5-7-21(20)30-27(31)39-13-12-24(32)29-18-8-10-19(11-9-18)40(28,34)35/h4-11,14-15H,12-13,16H2,1-3H3,(H,29,32)(H2,28,34,35). The van der Waals surface area contributed by atoms with Crippen LogP contribution in [-0.4, -0.2) is 51.0 Å². The third-order valence-corrected chi connectivity index (χ3v) is 7.83. The summed E-state index contributed by atoms with van der Waals surface area (Å²) in [4.78, 5) is 30.7. The van der Waals surface area contributed by atoms with Gasteiger partial charge in [0, 0.05) is 17.9 Å². The van der Waals surface area contributed by atoms with Crippen LogP contribution < -0.4 is 30.2 Å². The highest BCUT2D eigenvalue weighted by atomic mass is 32.2. The Morgan fingerprint density at radius 2 is 1.65 bits per heavy atom. The number of fused-ring (bicyclic) bond motifs is 1. The van der Waals surface area contributed by atoms with Gasteiger partial charge in [-0.25, -0.2) is 18.5 Å². The number of ether oxygens (including phenoxy) is 3. The van der Waals surface area contributed by atoms with Gasteiger partial charge in [-0.05, 0) is 54.1 Å². The average Bonchev–Trinajstić information content (AvgIpc) is 2.94. The highest BCUT2D eigenvalue weighted by molar-refractivity contribution is 7.99. The second-order valence-electron chi connectivity index (χ2n) is 8.55. The minimum absolute atomic E-state index is 0.0477. The summed E-state index contributed by atoms with van der Waals surface area (Å²) < 4.78 is 40.7. The molecule has 0 aliphatic rings. The Morgan fingerprint density at radius 1 is 1.00 bits per heavy atom. The first kappa shape index (κ1) is 28.9. The fourth-order valence-corrected chi connectivity index (χ4v) is 5.44. The highest BCUT2D eigenvalue weighted by Gasteiger charge is 2.17. The van der Waals surface area contributed by atoms with E-state index in [0.717, 1.165) is 5.56 Å². The maximum atomic E-state index is 13.5. The normalized spacial score (nSPS) is 11.3. The fraction of sp³-hybridized carbons (Fsp3) is 0.222. The molecule has 40 heavy (non-hydrogen) atoms. The van der Waals surface area contributed by atoms with Crippen LogP contribution in [0.3, 0.4) is 0 Å². The van der Waals surface area contributed by atoms with E-state index in [0.29, 0.717) is 44.7 Å². The van der Waals surface area contributed by atoms with Crippen molar-refractivity contribution in [1.29, 1.82) is 0 Å². The quantitative estimate of drug-likeness (QED) is 0.200. The maximum Gasteiger partial charge on any atom is 0.262 e. The van der Waals surface area contributed by atoms with E-state index in [1.54, 1.807) is 41.0 Å². The van der Waals surface area contributed by atoms with Crippen LogP contribution in [0.1, 0.15) is 12.0 Å². The number of amides is 1. The Morgan fingerprint density at radius 3 is 2.25 bits per heavy atom. The Labute approximate surface area is 235 Å². The number of nitrogens with two attached hydrogens (primary N) is 1. The van der Waals surface area contributed by atoms with Crippen molar-refractivity contribution in [2.45, 2.75) is 23.0 Å². The molecule has 11 nitrogen and oxygen atoms in total. The van der Waals surface area contributed by atoms with Crippen molar-refractivity contribution in [3.8, 4) is 17.2 Å². The number of primary sulfonamides is 1. The van der Waals surface area contributed by atoms with Crippen molar-refractivity contribution in [2.75, 3.05) is 32.4 Å². The van der Waals surface area contributed by atoms with Gasteiger partial charge in [0.1, 0.15) is 0 Å².